The monoisotopic (exact) mass is 949 g/mol. The SMILES string of the molecule is Brc1ccc2c(c1)Cc1ccccc1-2.Brc1ccc2c3ccccc3n(-c3ccc4oc5ccccc5c4c3)c2c1.Ic1ccc2oc3ccccc3c2c1. The predicted molar refractivity (Wildman–Crippen MR) is 245 cm³/mol. The fourth-order valence-electron chi connectivity index (χ4n) is 7.89. The average molecular weight is 951 g/mol. The zero-order chi connectivity index (χ0) is 37.0. The third-order valence-corrected chi connectivity index (χ3v) is 12.0. The molecule has 11 aromatic rings. The van der Waals surface area contributed by atoms with Crippen LogP contribution in [0.2, 0.25) is 0 Å². The van der Waals surface area contributed by atoms with Crippen molar-refractivity contribution in [1.82, 2.24) is 4.57 Å². The van der Waals surface area contributed by atoms with Gasteiger partial charge in [-0.2, -0.15) is 0 Å². The van der Waals surface area contributed by atoms with Crippen molar-refractivity contribution in [1.29, 1.82) is 0 Å². The number of para-hydroxylation sites is 3. The van der Waals surface area contributed by atoms with E-state index in [9.17, 15) is 0 Å². The molecule has 6 heteroatoms. The van der Waals surface area contributed by atoms with E-state index in [0.29, 0.717) is 0 Å². The molecule has 0 spiro atoms. The van der Waals surface area contributed by atoms with Crippen LogP contribution >= 0.6 is 54.5 Å². The summed E-state index contributed by atoms with van der Waals surface area (Å²) in [6.45, 7) is 0. The summed E-state index contributed by atoms with van der Waals surface area (Å²) < 4.78 is 17.5. The Morgan fingerprint density at radius 2 is 0.982 bits per heavy atom. The maximum atomic E-state index is 6.00. The fourth-order valence-corrected chi connectivity index (χ4v) is 9.14. The lowest BCUT2D eigenvalue weighted by atomic mass is 10.1. The van der Waals surface area contributed by atoms with Crippen LogP contribution in [0.25, 0.3) is 82.5 Å². The number of nitrogens with zero attached hydrogens (tertiary/aromatic N) is 1. The van der Waals surface area contributed by atoms with Gasteiger partial charge >= 0.3 is 0 Å². The zero-order valence-electron chi connectivity index (χ0n) is 29.3. The highest BCUT2D eigenvalue weighted by atomic mass is 127. The fraction of sp³-hybridized carbons (Fsp3) is 0.0204. The molecule has 0 saturated heterocycles. The Kier molecular flexibility index (Phi) is 8.85. The van der Waals surface area contributed by atoms with Crippen LogP contribution < -0.4 is 0 Å². The molecule has 0 amide bonds. The Balaban J connectivity index is 0.000000112. The Hall–Kier alpha value is -5.15. The van der Waals surface area contributed by atoms with E-state index in [1.54, 1.807) is 0 Å². The highest BCUT2D eigenvalue weighted by Crippen LogP contribution is 2.38. The first-order valence-corrected chi connectivity index (χ1v) is 20.7. The number of fused-ring (bicyclic) bond motifs is 12. The number of halogens is 3. The molecule has 0 aliphatic heterocycles. The molecule has 3 aromatic heterocycles. The highest BCUT2D eigenvalue weighted by Gasteiger charge is 2.17. The van der Waals surface area contributed by atoms with Crippen LogP contribution in [-0.2, 0) is 6.42 Å². The van der Waals surface area contributed by atoms with Gasteiger partial charge in [-0.1, -0.05) is 123 Å². The van der Waals surface area contributed by atoms with Gasteiger partial charge in [0.2, 0.25) is 0 Å². The summed E-state index contributed by atoms with van der Waals surface area (Å²) >= 11 is 9.46. The third-order valence-electron chi connectivity index (χ3n) is 10.3. The molecule has 3 nitrogen and oxygen atoms in total. The van der Waals surface area contributed by atoms with Crippen LogP contribution in [0, 0.1) is 3.57 Å². The minimum Gasteiger partial charge on any atom is -0.456 e. The van der Waals surface area contributed by atoms with Gasteiger partial charge in [0.1, 0.15) is 22.3 Å². The van der Waals surface area contributed by atoms with E-state index in [4.69, 9.17) is 8.83 Å². The highest BCUT2D eigenvalue weighted by molar-refractivity contribution is 14.1. The second-order valence-corrected chi connectivity index (χ2v) is 16.7. The predicted octanol–water partition coefficient (Wildman–Crippen LogP) is 15.7. The Labute approximate surface area is 347 Å². The molecule has 1 aliphatic carbocycles. The molecular formula is C49H30Br2INO2. The van der Waals surface area contributed by atoms with Crippen LogP contribution in [0.3, 0.4) is 0 Å². The lowest BCUT2D eigenvalue weighted by Gasteiger charge is -2.08. The van der Waals surface area contributed by atoms with E-state index in [2.05, 4.69) is 192 Å². The molecule has 0 atom stereocenters. The number of aromatic nitrogens is 1. The van der Waals surface area contributed by atoms with E-state index in [0.717, 1.165) is 49.7 Å². The van der Waals surface area contributed by atoms with Gasteiger partial charge in [0.25, 0.3) is 0 Å². The first-order valence-electron chi connectivity index (χ1n) is 18.0. The second-order valence-electron chi connectivity index (χ2n) is 13.7. The van der Waals surface area contributed by atoms with Crippen molar-refractivity contribution in [3.05, 3.63) is 194 Å². The molecule has 0 fully saturated rings. The molecule has 1 aliphatic rings. The van der Waals surface area contributed by atoms with Crippen molar-refractivity contribution < 1.29 is 8.83 Å². The quantitative estimate of drug-likeness (QED) is 0.154. The van der Waals surface area contributed by atoms with Gasteiger partial charge in [0.05, 0.1) is 11.0 Å². The van der Waals surface area contributed by atoms with Crippen LogP contribution in [0.5, 0.6) is 0 Å². The minimum absolute atomic E-state index is 0.918. The van der Waals surface area contributed by atoms with Gasteiger partial charge in [-0.3, -0.25) is 0 Å². The van der Waals surface area contributed by atoms with Gasteiger partial charge in [-0.25, -0.2) is 0 Å². The van der Waals surface area contributed by atoms with Crippen molar-refractivity contribution >= 4 is 120 Å². The number of furan rings is 2. The molecular weight excluding hydrogens is 921 g/mol. The van der Waals surface area contributed by atoms with E-state index in [-0.39, 0.29) is 0 Å². The first-order chi connectivity index (χ1) is 27.0. The maximum Gasteiger partial charge on any atom is 0.135 e. The summed E-state index contributed by atoms with van der Waals surface area (Å²) in [5, 5.41) is 7.21. The molecule has 3 heterocycles. The standard InChI is InChI=1S/C24H14BrNO.C13H9Br.C12H7IO/c25-15-9-11-18-17-5-1-3-7-21(17)26(22(18)13-15)16-10-12-24-20(14-16)19-6-2-4-8-23(19)27-24;14-11-5-6-13-10(8-11)7-9-3-1-2-4-12(9)13;13-8-5-6-12-10(7-8)9-3-1-2-4-11(9)14-12/h1-14H;1-6,8H,7H2;1-7H. The first kappa shape index (κ1) is 34.3. The van der Waals surface area contributed by atoms with E-state index in [1.807, 2.05) is 36.4 Å². The Bertz CT molecular complexity index is 3250. The number of hydrogen-bond donors (Lipinski definition) is 0. The molecule has 12 rings (SSSR count). The minimum atomic E-state index is 0.918. The maximum absolute atomic E-state index is 6.00. The lowest BCUT2D eigenvalue weighted by molar-refractivity contribution is 0.668. The van der Waals surface area contributed by atoms with Crippen molar-refractivity contribution in [3.63, 3.8) is 0 Å². The van der Waals surface area contributed by atoms with Gasteiger partial charge < -0.3 is 13.4 Å². The smallest absolute Gasteiger partial charge is 0.135 e. The Morgan fingerprint density at radius 3 is 1.76 bits per heavy atom. The normalized spacial score (nSPS) is 11.8. The number of rotatable bonds is 1. The van der Waals surface area contributed by atoms with Crippen LogP contribution in [0.4, 0.5) is 0 Å². The average Bonchev–Trinajstić information content (AvgIpc) is 3.96. The molecule has 0 unspecified atom stereocenters. The molecule has 0 saturated carbocycles. The molecule has 0 bridgehead atoms. The number of hydrogen-bond acceptors (Lipinski definition) is 2. The number of benzene rings is 8. The largest absolute Gasteiger partial charge is 0.456 e. The second kappa shape index (κ2) is 14.2. The van der Waals surface area contributed by atoms with Crippen molar-refractivity contribution in [2.75, 3.05) is 0 Å². The molecule has 0 N–H and O–H groups in total. The topological polar surface area (TPSA) is 31.2 Å². The summed E-state index contributed by atoms with van der Waals surface area (Å²) in [6.07, 6.45) is 1.07. The van der Waals surface area contributed by atoms with Crippen molar-refractivity contribution in [2.24, 2.45) is 0 Å². The summed E-state index contributed by atoms with van der Waals surface area (Å²) in [5.74, 6) is 0. The summed E-state index contributed by atoms with van der Waals surface area (Å²) in [4.78, 5) is 0. The summed E-state index contributed by atoms with van der Waals surface area (Å²) in [6, 6.07) is 59.2. The van der Waals surface area contributed by atoms with Gasteiger partial charge in [-0.05, 0) is 130 Å². The summed E-state index contributed by atoms with van der Waals surface area (Å²) in [5.41, 5.74) is 13.0. The zero-order valence-corrected chi connectivity index (χ0v) is 34.6. The Morgan fingerprint density at radius 1 is 0.418 bits per heavy atom. The third kappa shape index (κ3) is 6.26. The van der Waals surface area contributed by atoms with Gasteiger partial charge in [0.15, 0.2) is 0 Å². The lowest BCUT2D eigenvalue weighted by Crippen LogP contribution is -1.93. The molecule has 55 heavy (non-hydrogen) atoms. The molecule has 8 aromatic carbocycles. The van der Waals surface area contributed by atoms with Crippen LogP contribution in [0.15, 0.2) is 188 Å². The van der Waals surface area contributed by atoms with Gasteiger partial charge in [-0.15, -0.1) is 0 Å². The van der Waals surface area contributed by atoms with Crippen molar-refractivity contribution in [3.8, 4) is 16.8 Å². The van der Waals surface area contributed by atoms with Crippen LogP contribution in [-0.4, -0.2) is 4.57 Å². The van der Waals surface area contributed by atoms with Crippen LogP contribution in [0.1, 0.15) is 11.1 Å². The van der Waals surface area contributed by atoms with E-state index < -0.39 is 0 Å². The van der Waals surface area contributed by atoms with E-state index in [1.165, 1.54) is 62.9 Å². The molecule has 0 radical (unpaired) electrons. The summed E-state index contributed by atoms with van der Waals surface area (Å²) in [7, 11) is 0. The van der Waals surface area contributed by atoms with E-state index >= 15 is 0 Å². The molecule has 264 valence electrons. The van der Waals surface area contributed by atoms with Crippen molar-refractivity contribution in [2.45, 2.75) is 6.42 Å². The van der Waals surface area contributed by atoms with Gasteiger partial charge in [0, 0.05) is 50.5 Å².